The molecule has 1 unspecified atom stereocenters. The lowest BCUT2D eigenvalue weighted by Gasteiger charge is -2.37. The second-order valence-corrected chi connectivity index (χ2v) is 9.46. The summed E-state index contributed by atoms with van der Waals surface area (Å²) in [5.74, 6) is 2.40. The van der Waals surface area contributed by atoms with Crippen molar-refractivity contribution < 1.29 is 13.9 Å². The molecule has 2 fully saturated rings. The van der Waals surface area contributed by atoms with Gasteiger partial charge in [0, 0.05) is 7.11 Å². The molecule has 3 aliphatic rings. The molecule has 0 aromatic heterocycles. The molecule has 1 heterocycles. The van der Waals surface area contributed by atoms with Crippen molar-refractivity contribution in [2.75, 3.05) is 7.11 Å². The fraction of sp³-hybridized carbons (Fsp3) is 0.760. The molecular weight excluding hydrogens is 351 g/mol. The molecule has 0 saturated heterocycles. The van der Waals surface area contributed by atoms with Gasteiger partial charge in [0.05, 0.1) is 6.10 Å². The van der Waals surface area contributed by atoms with Crippen LogP contribution < -0.4 is 4.74 Å². The molecule has 1 aliphatic heterocycles. The average molecular weight is 389 g/mol. The van der Waals surface area contributed by atoms with Crippen LogP contribution in [0.3, 0.4) is 0 Å². The quantitative estimate of drug-likeness (QED) is 0.552. The Morgan fingerprint density at radius 1 is 1.00 bits per heavy atom. The topological polar surface area (TPSA) is 18.5 Å². The van der Waals surface area contributed by atoms with Gasteiger partial charge in [0.15, 0.2) is 11.6 Å². The first-order valence-electron chi connectivity index (χ1n) is 11.7. The van der Waals surface area contributed by atoms with Gasteiger partial charge in [-0.3, -0.25) is 0 Å². The smallest absolute Gasteiger partial charge is 0.165 e. The van der Waals surface area contributed by atoms with Gasteiger partial charge < -0.3 is 9.47 Å². The molecule has 0 radical (unpaired) electrons. The minimum atomic E-state index is -0.126. The summed E-state index contributed by atoms with van der Waals surface area (Å²) in [6, 6.07) is 4.05. The highest BCUT2D eigenvalue weighted by molar-refractivity contribution is 5.41. The zero-order valence-electron chi connectivity index (χ0n) is 17.7. The predicted octanol–water partition coefficient (Wildman–Crippen LogP) is 6.80. The van der Waals surface area contributed by atoms with Crippen LogP contribution in [0.4, 0.5) is 4.39 Å². The van der Waals surface area contributed by atoms with E-state index in [1.165, 1.54) is 44.1 Å². The van der Waals surface area contributed by atoms with Crippen molar-refractivity contribution in [3.05, 3.63) is 29.1 Å². The number of fused-ring (bicyclic) bond motifs is 1. The Morgan fingerprint density at radius 3 is 2.43 bits per heavy atom. The molecule has 2 aliphatic carbocycles. The number of ether oxygens (including phenoxy) is 2. The number of rotatable bonds is 5. The summed E-state index contributed by atoms with van der Waals surface area (Å²) in [5, 5.41) is 0. The van der Waals surface area contributed by atoms with Crippen LogP contribution >= 0.6 is 0 Å². The van der Waals surface area contributed by atoms with E-state index in [4.69, 9.17) is 9.47 Å². The van der Waals surface area contributed by atoms with Crippen LogP contribution in [0.1, 0.15) is 94.6 Å². The van der Waals surface area contributed by atoms with E-state index in [1.807, 2.05) is 7.11 Å². The SMILES string of the molecule is CCCC1CCC(c2cc(F)c3c(c2)CCC(C2CCC(OC)CC2)O3)CC1. The molecule has 28 heavy (non-hydrogen) atoms. The van der Waals surface area contributed by atoms with Gasteiger partial charge in [-0.15, -0.1) is 0 Å². The average Bonchev–Trinajstić information content (AvgIpc) is 2.74. The third-order valence-corrected chi connectivity index (χ3v) is 7.70. The third-order valence-electron chi connectivity index (χ3n) is 7.70. The van der Waals surface area contributed by atoms with Crippen LogP contribution in [-0.4, -0.2) is 19.3 Å². The maximum absolute atomic E-state index is 15.0. The molecule has 0 amide bonds. The second-order valence-electron chi connectivity index (χ2n) is 9.46. The zero-order chi connectivity index (χ0) is 19.5. The molecule has 1 atom stereocenters. The van der Waals surface area contributed by atoms with Gasteiger partial charge in [0.1, 0.15) is 6.10 Å². The summed E-state index contributed by atoms with van der Waals surface area (Å²) >= 11 is 0. The van der Waals surface area contributed by atoms with Gasteiger partial charge in [-0.05, 0) is 99.2 Å². The number of halogens is 1. The Bertz CT molecular complexity index is 642. The van der Waals surface area contributed by atoms with Gasteiger partial charge in [-0.2, -0.15) is 0 Å². The molecule has 2 nitrogen and oxygen atoms in total. The third kappa shape index (κ3) is 4.40. The highest BCUT2D eigenvalue weighted by Gasteiger charge is 2.33. The fourth-order valence-corrected chi connectivity index (χ4v) is 5.96. The summed E-state index contributed by atoms with van der Waals surface area (Å²) in [4.78, 5) is 0. The summed E-state index contributed by atoms with van der Waals surface area (Å²) < 4.78 is 26.7. The van der Waals surface area contributed by atoms with Gasteiger partial charge in [-0.1, -0.05) is 25.8 Å². The van der Waals surface area contributed by atoms with Crippen LogP contribution in [0.2, 0.25) is 0 Å². The van der Waals surface area contributed by atoms with E-state index < -0.39 is 0 Å². The Labute approximate surface area is 170 Å². The molecule has 4 rings (SSSR count). The normalized spacial score (nSPS) is 33.2. The fourth-order valence-electron chi connectivity index (χ4n) is 5.96. The standard InChI is InChI=1S/C25H37FO2/c1-3-4-17-5-7-18(8-6-17)21-15-20-11-14-24(28-25(20)23(26)16-21)19-9-12-22(27-2)13-10-19/h15-19,22,24H,3-14H2,1-2H3. The number of methoxy groups -OCH3 is 1. The zero-order valence-corrected chi connectivity index (χ0v) is 17.7. The first kappa shape index (κ1) is 20.2. The maximum Gasteiger partial charge on any atom is 0.165 e. The van der Waals surface area contributed by atoms with Crippen LogP contribution in [0.5, 0.6) is 5.75 Å². The molecule has 0 bridgehead atoms. The minimum absolute atomic E-state index is 0.126. The Kier molecular flexibility index (Phi) is 6.60. The van der Waals surface area contributed by atoms with E-state index in [9.17, 15) is 4.39 Å². The molecule has 0 spiro atoms. The van der Waals surface area contributed by atoms with Gasteiger partial charge in [-0.25, -0.2) is 4.39 Å². The minimum Gasteiger partial charge on any atom is -0.487 e. The Balaban J connectivity index is 1.40. The summed E-state index contributed by atoms with van der Waals surface area (Å²) in [6.07, 6.45) is 14.7. The Hall–Kier alpha value is -1.09. The number of aryl methyl sites for hydroxylation is 1. The van der Waals surface area contributed by atoms with Crippen LogP contribution in [0.15, 0.2) is 12.1 Å². The van der Waals surface area contributed by atoms with E-state index >= 15 is 0 Å². The molecule has 0 N–H and O–H groups in total. The van der Waals surface area contributed by atoms with Crippen LogP contribution in [0, 0.1) is 17.7 Å². The highest BCUT2D eigenvalue weighted by Crippen LogP contribution is 2.42. The lowest BCUT2D eigenvalue weighted by atomic mass is 9.76. The van der Waals surface area contributed by atoms with Crippen molar-refractivity contribution >= 4 is 0 Å². The van der Waals surface area contributed by atoms with E-state index in [-0.39, 0.29) is 11.9 Å². The predicted molar refractivity (Wildman–Crippen MR) is 111 cm³/mol. The summed E-state index contributed by atoms with van der Waals surface area (Å²) in [5.41, 5.74) is 2.32. The van der Waals surface area contributed by atoms with Crippen molar-refractivity contribution in [1.29, 1.82) is 0 Å². The number of hydrogen-bond acceptors (Lipinski definition) is 2. The summed E-state index contributed by atoms with van der Waals surface area (Å²) in [7, 11) is 1.81. The molecule has 2 saturated carbocycles. The highest BCUT2D eigenvalue weighted by atomic mass is 19.1. The monoisotopic (exact) mass is 388 g/mol. The van der Waals surface area contributed by atoms with Gasteiger partial charge in [0.2, 0.25) is 0 Å². The van der Waals surface area contributed by atoms with E-state index in [0.29, 0.717) is 23.7 Å². The van der Waals surface area contributed by atoms with E-state index in [0.717, 1.165) is 50.0 Å². The second kappa shape index (κ2) is 9.15. The lowest BCUT2D eigenvalue weighted by molar-refractivity contribution is 0.0200. The maximum atomic E-state index is 15.0. The van der Waals surface area contributed by atoms with Gasteiger partial charge >= 0.3 is 0 Å². The molecule has 3 heteroatoms. The Morgan fingerprint density at radius 2 is 1.75 bits per heavy atom. The van der Waals surface area contributed by atoms with Crippen molar-refractivity contribution in [3.8, 4) is 5.75 Å². The molecule has 1 aromatic carbocycles. The molecule has 1 aromatic rings. The summed E-state index contributed by atoms with van der Waals surface area (Å²) in [6.45, 7) is 2.28. The van der Waals surface area contributed by atoms with E-state index in [1.54, 1.807) is 6.07 Å². The van der Waals surface area contributed by atoms with Crippen molar-refractivity contribution in [3.63, 3.8) is 0 Å². The lowest BCUT2D eigenvalue weighted by Crippen LogP contribution is -2.35. The van der Waals surface area contributed by atoms with E-state index in [2.05, 4.69) is 13.0 Å². The van der Waals surface area contributed by atoms with Gasteiger partial charge in [0.25, 0.3) is 0 Å². The van der Waals surface area contributed by atoms with Crippen molar-refractivity contribution in [2.45, 2.75) is 102 Å². The largest absolute Gasteiger partial charge is 0.487 e. The molecule has 156 valence electrons. The van der Waals surface area contributed by atoms with Crippen molar-refractivity contribution in [2.24, 2.45) is 11.8 Å². The first-order valence-corrected chi connectivity index (χ1v) is 11.7. The number of benzene rings is 1. The van der Waals surface area contributed by atoms with Crippen LogP contribution in [-0.2, 0) is 11.2 Å². The van der Waals surface area contributed by atoms with Crippen molar-refractivity contribution in [1.82, 2.24) is 0 Å². The first-order chi connectivity index (χ1) is 13.7. The van der Waals surface area contributed by atoms with Crippen LogP contribution in [0.25, 0.3) is 0 Å². The number of hydrogen-bond donors (Lipinski definition) is 0. The molecular formula is C25H37FO2.